The number of carbonyl (C=O) groups is 1. The standard InChI is InChI=1S/C30H29Cl3N4O7/c1-39-22-14-12-20(13-15-22)17-40-25-23(18-42-27(38)21-10-6-3-7-11-21)43-28(44-29(34)30(31,32)33)24(36-37-35)26(25)41-16-19-8-4-2-5-9-19/h2-15,23-26,28,34H,16-18H2,1H3/t23-,24-,25-,26-,28?/m1/s1. The van der Waals surface area contributed by atoms with Crippen molar-refractivity contribution in [2.45, 2.75) is 47.7 Å². The predicted octanol–water partition coefficient (Wildman–Crippen LogP) is 6.79. The summed E-state index contributed by atoms with van der Waals surface area (Å²) in [5.41, 5.74) is 11.4. The third-order valence-electron chi connectivity index (χ3n) is 6.57. The number of benzene rings is 3. The van der Waals surface area contributed by atoms with Crippen LogP contribution in [0.1, 0.15) is 21.5 Å². The van der Waals surface area contributed by atoms with Crippen molar-refractivity contribution in [1.82, 2.24) is 0 Å². The number of azide groups is 1. The quantitative estimate of drug-likeness (QED) is 0.0427. The van der Waals surface area contributed by atoms with Crippen LogP contribution in [-0.2, 0) is 36.9 Å². The number of nitrogens with one attached hydrogen (secondary N) is 1. The van der Waals surface area contributed by atoms with Gasteiger partial charge in [0, 0.05) is 4.91 Å². The topological polar surface area (TPSA) is 145 Å². The first-order valence-electron chi connectivity index (χ1n) is 13.3. The molecular weight excluding hydrogens is 635 g/mol. The van der Waals surface area contributed by atoms with E-state index in [9.17, 15) is 10.3 Å². The zero-order valence-electron chi connectivity index (χ0n) is 23.4. The summed E-state index contributed by atoms with van der Waals surface area (Å²) < 4.78 is 32.9. The highest BCUT2D eigenvalue weighted by molar-refractivity contribution is 6.76. The number of ether oxygens (including phenoxy) is 6. The molecular formula is C30H29Cl3N4O7. The lowest BCUT2D eigenvalue weighted by Crippen LogP contribution is -2.61. The molecule has 0 aromatic heterocycles. The van der Waals surface area contributed by atoms with E-state index < -0.39 is 46.3 Å². The van der Waals surface area contributed by atoms with Crippen LogP contribution in [0.2, 0.25) is 0 Å². The Balaban J connectivity index is 1.66. The molecule has 1 aliphatic rings. The van der Waals surface area contributed by atoms with E-state index in [4.69, 9.17) is 68.6 Å². The Kier molecular flexibility index (Phi) is 12.1. The SMILES string of the molecule is COc1ccc(CO[C@H]2[C@H](OCc3ccccc3)[C@@H](N=[N+]=[N-])C(OC(=N)C(Cl)(Cl)Cl)O[C@@H]2COC(=O)c2ccccc2)cc1. The fraction of sp³-hybridized carbons (Fsp3) is 0.333. The molecule has 0 bridgehead atoms. The van der Waals surface area contributed by atoms with Crippen molar-refractivity contribution in [3.05, 3.63) is 112 Å². The fourth-order valence-electron chi connectivity index (χ4n) is 4.38. The first kappa shape index (κ1) is 33.4. The van der Waals surface area contributed by atoms with Crippen LogP contribution in [0.25, 0.3) is 10.4 Å². The van der Waals surface area contributed by atoms with Crippen molar-refractivity contribution in [3.8, 4) is 5.75 Å². The van der Waals surface area contributed by atoms with E-state index in [1.54, 1.807) is 49.6 Å². The summed E-state index contributed by atoms with van der Waals surface area (Å²) in [6.07, 6.45) is -4.47. The van der Waals surface area contributed by atoms with E-state index in [0.717, 1.165) is 11.1 Å². The molecule has 1 saturated heterocycles. The monoisotopic (exact) mass is 662 g/mol. The third-order valence-corrected chi connectivity index (χ3v) is 7.08. The van der Waals surface area contributed by atoms with Crippen molar-refractivity contribution in [1.29, 1.82) is 5.41 Å². The Morgan fingerprint density at radius 1 is 0.932 bits per heavy atom. The lowest BCUT2D eigenvalue weighted by molar-refractivity contribution is -0.266. The molecule has 3 aromatic carbocycles. The molecule has 4 rings (SSSR count). The lowest BCUT2D eigenvalue weighted by atomic mass is 9.96. The summed E-state index contributed by atoms with van der Waals surface area (Å²) in [6.45, 7) is -0.127. The van der Waals surface area contributed by atoms with Gasteiger partial charge in [0.25, 0.3) is 3.79 Å². The molecule has 0 radical (unpaired) electrons. The van der Waals surface area contributed by atoms with Gasteiger partial charge in [-0.1, -0.05) is 101 Å². The summed E-state index contributed by atoms with van der Waals surface area (Å²) in [5.74, 6) is -0.706. The summed E-state index contributed by atoms with van der Waals surface area (Å²) in [7, 11) is 1.57. The Hall–Kier alpha value is -3.54. The number of hydrogen-bond donors (Lipinski definition) is 1. The summed E-state index contributed by atoms with van der Waals surface area (Å²) in [6, 6.07) is 23.7. The molecule has 5 atom stereocenters. The van der Waals surface area contributed by atoms with Crippen LogP contribution in [0.15, 0.2) is 90.0 Å². The number of halogens is 3. The van der Waals surface area contributed by atoms with Crippen LogP contribution in [0.3, 0.4) is 0 Å². The summed E-state index contributed by atoms with van der Waals surface area (Å²) in [4.78, 5) is 15.8. The normalized spacial score (nSPS) is 21.5. The highest BCUT2D eigenvalue weighted by atomic mass is 35.6. The maximum Gasteiger partial charge on any atom is 0.338 e. The Morgan fingerprint density at radius 3 is 2.11 bits per heavy atom. The smallest absolute Gasteiger partial charge is 0.338 e. The van der Waals surface area contributed by atoms with Crippen LogP contribution in [0.5, 0.6) is 5.75 Å². The van der Waals surface area contributed by atoms with Gasteiger partial charge in [0.05, 0.1) is 25.9 Å². The van der Waals surface area contributed by atoms with Gasteiger partial charge in [0.1, 0.15) is 36.7 Å². The summed E-state index contributed by atoms with van der Waals surface area (Å²) >= 11 is 17.6. The zero-order valence-corrected chi connectivity index (χ0v) is 25.7. The number of alkyl halides is 3. The highest BCUT2D eigenvalue weighted by Gasteiger charge is 2.50. The van der Waals surface area contributed by atoms with Crippen LogP contribution >= 0.6 is 34.8 Å². The van der Waals surface area contributed by atoms with Gasteiger partial charge >= 0.3 is 5.97 Å². The third kappa shape index (κ3) is 9.23. The molecule has 1 unspecified atom stereocenters. The lowest BCUT2D eigenvalue weighted by Gasteiger charge is -2.44. The molecule has 0 amide bonds. The molecule has 1 fully saturated rings. The van der Waals surface area contributed by atoms with Crippen molar-refractivity contribution in [3.63, 3.8) is 0 Å². The predicted molar refractivity (Wildman–Crippen MR) is 164 cm³/mol. The fourth-order valence-corrected chi connectivity index (χ4v) is 4.51. The van der Waals surface area contributed by atoms with Crippen LogP contribution in [0, 0.1) is 5.41 Å². The molecule has 3 aromatic rings. The van der Waals surface area contributed by atoms with Crippen LogP contribution in [0.4, 0.5) is 0 Å². The maximum absolute atomic E-state index is 12.8. The number of hydrogen-bond acceptors (Lipinski definition) is 9. The van der Waals surface area contributed by atoms with E-state index >= 15 is 0 Å². The van der Waals surface area contributed by atoms with E-state index in [0.29, 0.717) is 11.3 Å². The van der Waals surface area contributed by atoms with E-state index in [-0.39, 0.29) is 19.8 Å². The van der Waals surface area contributed by atoms with Crippen molar-refractivity contribution >= 4 is 46.7 Å². The molecule has 1 N–H and O–H groups in total. The van der Waals surface area contributed by atoms with Gasteiger partial charge in [-0.05, 0) is 40.9 Å². The minimum absolute atomic E-state index is 0.0881. The van der Waals surface area contributed by atoms with Gasteiger partial charge in [-0.3, -0.25) is 5.41 Å². The van der Waals surface area contributed by atoms with E-state index in [2.05, 4.69) is 10.0 Å². The van der Waals surface area contributed by atoms with Gasteiger partial charge in [-0.15, -0.1) is 0 Å². The Bertz CT molecular complexity index is 1420. The van der Waals surface area contributed by atoms with Crippen molar-refractivity contribution in [2.75, 3.05) is 13.7 Å². The number of nitrogens with zero attached hydrogens (tertiary/aromatic N) is 3. The second-order valence-corrected chi connectivity index (χ2v) is 11.8. The van der Waals surface area contributed by atoms with Crippen LogP contribution in [-0.4, -0.2) is 60.0 Å². The molecule has 0 saturated carbocycles. The van der Waals surface area contributed by atoms with E-state index in [1.807, 2.05) is 42.5 Å². The minimum Gasteiger partial charge on any atom is -0.497 e. The molecule has 44 heavy (non-hydrogen) atoms. The highest BCUT2D eigenvalue weighted by Crippen LogP contribution is 2.34. The Morgan fingerprint density at radius 2 is 1.52 bits per heavy atom. The molecule has 232 valence electrons. The van der Waals surface area contributed by atoms with Crippen molar-refractivity contribution in [2.24, 2.45) is 5.11 Å². The maximum atomic E-state index is 12.8. The van der Waals surface area contributed by atoms with Gasteiger partial charge in [0.15, 0.2) is 0 Å². The molecule has 0 spiro atoms. The second kappa shape index (κ2) is 16.0. The Labute approximate surface area is 268 Å². The molecule has 0 aliphatic carbocycles. The van der Waals surface area contributed by atoms with Gasteiger partial charge < -0.3 is 28.4 Å². The molecule has 1 heterocycles. The van der Waals surface area contributed by atoms with Gasteiger partial charge in [-0.25, -0.2) is 4.79 Å². The average Bonchev–Trinajstić information content (AvgIpc) is 3.03. The molecule has 11 nitrogen and oxygen atoms in total. The first-order chi connectivity index (χ1) is 21.2. The molecule has 14 heteroatoms. The van der Waals surface area contributed by atoms with Gasteiger partial charge in [0.2, 0.25) is 12.2 Å². The second-order valence-electron chi connectivity index (χ2n) is 9.53. The minimum atomic E-state index is -2.23. The average molecular weight is 664 g/mol. The number of methoxy groups -OCH3 is 1. The van der Waals surface area contributed by atoms with Crippen molar-refractivity contribution < 1.29 is 33.2 Å². The number of rotatable bonds is 12. The van der Waals surface area contributed by atoms with Gasteiger partial charge in [-0.2, -0.15) is 0 Å². The zero-order chi connectivity index (χ0) is 31.5. The first-order valence-corrected chi connectivity index (χ1v) is 14.5. The number of esters is 1. The summed E-state index contributed by atoms with van der Waals surface area (Å²) in [5, 5.41) is 12.0. The van der Waals surface area contributed by atoms with E-state index in [1.165, 1.54) is 0 Å². The number of carbonyl (C=O) groups excluding carboxylic acids is 1. The van der Waals surface area contributed by atoms with Crippen LogP contribution < -0.4 is 4.74 Å². The molecule has 1 aliphatic heterocycles. The largest absolute Gasteiger partial charge is 0.497 e.